The van der Waals surface area contributed by atoms with E-state index in [2.05, 4.69) is 15.9 Å². The molecule has 106 valence electrons. The van der Waals surface area contributed by atoms with Gasteiger partial charge in [0.25, 0.3) is 0 Å². The average Bonchev–Trinajstić information content (AvgIpc) is 2.42. The Morgan fingerprint density at radius 3 is 2.60 bits per heavy atom. The van der Waals surface area contributed by atoms with Gasteiger partial charge in [0.15, 0.2) is 0 Å². The zero-order valence-corrected chi connectivity index (χ0v) is 13.6. The van der Waals surface area contributed by atoms with Gasteiger partial charge < -0.3 is 4.74 Å². The molecule has 20 heavy (non-hydrogen) atoms. The molecule has 2 rings (SSSR count). The first-order chi connectivity index (χ1) is 9.52. The lowest BCUT2D eigenvalue weighted by atomic mass is 10.0. The van der Waals surface area contributed by atoms with Crippen molar-refractivity contribution in [2.24, 2.45) is 0 Å². The van der Waals surface area contributed by atoms with Gasteiger partial charge in [-0.3, -0.25) is 0 Å². The molecule has 2 aromatic carbocycles. The van der Waals surface area contributed by atoms with E-state index in [1.54, 1.807) is 13.0 Å². The molecule has 0 saturated carbocycles. The molecule has 0 bridgehead atoms. The number of benzene rings is 2. The lowest BCUT2D eigenvalue weighted by Crippen LogP contribution is -1.98. The summed E-state index contributed by atoms with van der Waals surface area (Å²) in [5.41, 5.74) is 2.24. The summed E-state index contributed by atoms with van der Waals surface area (Å²) in [7, 11) is 0. The van der Waals surface area contributed by atoms with Gasteiger partial charge >= 0.3 is 0 Å². The largest absolute Gasteiger partial charge is 0.494 e. The number of aryl methyl sites for hydroxylation is 1. The second kappa shape index (κ2) is 6.59. The summed E-state index contributed by atoms with van der Waals surface area (Å²) in [6, 6.07) is 10.7. The first-order valence-corrected chi connectivity index (χ1v) is 7.58. The van der Waals surface area contributed by atoms with Gasteiger partial charge in [0, 0.05) is 4.47 Å². The van der Waals surface area contributed by atoms with Crippen molar-refractivity contribution in [3.05, 3.63) is 63.4 Å². The Bertz CT molecular complexity index is 615. The molecule has 0 saturated heterocycles. The van der Waals surface area contributed by atoms with Crippen LogP contribution < -0.4 is 4.74 Å². The fourth-order valence-corrected chi connectivity index (χ4v) is 2.96. The normalized spacial score (nSPS) is 12.2. The molecular formula is C16H15BrClFO. The van der Waals surface area contributed by atoms with Gasteiger partial charge in [-0.2, -0.15) is 0 Å². The van der Waals surface area contributed by atoms with Gasteiger partial charge in [-0.05, 0) is 48.7 Å². The molecular weight excluding hydrogens is 343 g/mol. The van der Waals surface area contributed by atoms with Gasteiger partial charge in [0.2, 0.25) is 0 Å². The van der Waals surface area contributed by atoms with E-state index in [0.29, 0.717) is 12.2 Å². The Balaban J connectivity index is 2.32. The van der Waals surface area contributed by atoms with Crippen LogP contribution in [0.1, 0.15) is 29.0 Å². The highest BCUT2D eigenvalue weighted by molar-refractivity contribution is 9.10. The van der Waals surface area contributed by atoms with Crippen LogP contribution in [0.4, 0.5) is 4.39 Å². The van der Waals surface area contributed by atoms with Gasteiger partial charge in [0.05, 0.1) is 12.0 Å². The maximum Gasteiger partial charge on any atom is 0.126 e. The third-order valence-electron chi connectivity index (χ3n) is 3.04. The SMILES string of the molecule is CCOc1ccc(C(Cl)c2ccc(C)c(F)c2)c(Br)c1. The second-order valence-electron chi connectivity index (χ2n) is 4.49. The summed E-state index contributed by atoms with van der Waals surface area (Å²) in [5.74, 6) is 0.539. The third-order valence-corrected chi connectivity index (χ3v) is 4.22. The summed E-state index contributed by atoms with van der Waals surface area (Å²) in [5, 5.41) is -0.407. The predicted octanol–water partition coefficient (Wildman–Crippen LogP) is 5.62. The van der Waals surface area contributed by atoms with Crippen LogP contribution in [-0.4, -0.2) is 6.61 Å². The van der Waals surface area contributed by atoms with E-state index in [0.717, 1.165) is 21.3 Å². The van der Waals surface area contributed by atoms with Crippen molar-refractivity contribution in [3.63, 3.8) is 0 Å². The Hall–Kier alpha value is -1.06. The topological polar surface area (TPSA) is 9.23 Å². The molecule has 0 fully saturated rings. The van der Waals surface area contributed by atoms with Crippen LogP contribution in [0.15, 0.2) is 40.9 Å². The van der Waals surface area contributed by atoms with Crippen molar-refractivity contribution in [3.8, 4) is 5.75 Å². The Morgan fingerprint density at radius 2 is 2.00 bits per heavy atom. The minimum atomic E-state index is -0.407. The van der Waals surface area contributed by atoms with Gasteiger partial charge in [-0.25, -0.2) is 4.39 Å². The maximum atomic E-state index is 13.6. The van der Waals surface area contributed by atoms with Crippen molar-refractivity contribution in [2.75, 3.05) is 6.61 Å². The monoisotopic (exact) mass is 356 g/mol. The summed E-state index contributed by atoms with van der Waals surface area (Å²) >= 11 is 9.94. The molecule has 1 atom stereocenters. The first-order valence-electron chi connectivity index (χ1n) is 6.35. The van der Waals surface area contributed by atoms with Crippen LogP contribution in [-0.2, 0) is 0 Å². The van der Waals surface area contributed by atoms with E-state index in [9.17, 15) is 4.39 Å². The second-order valence-corrected chi connectivity index (χ2v) is 5.78. The van der Waals surface area contributed by atoms with Crippen molar-refractivity contribution in [1.82, 2.24) is 0 Å². The van der Waals surface area contributed by atoms with Crippen LogP contribution in [0.3, 0.4) is 0 Å². The molecule has 0 aliphatic rings. The number of hydrogen-bond acceptors (Lipinski definition) is 1. The highest BCUT2D eigenvalue weighted by Gasteiger charge is 2.15. The third kappa shape index (κ3) is 3.33. The maximum absolute atomic E-state index is 13.6. The van der Waals surface area contributed by atoms with Crippen molar-refractivity contribution in [2.45, 2.75) is 19.2 Å². The van der Waals surface area contributed by atoms with Crippen LogP contribution >= 0.6 is 27.5 Å². The van der Waals surface area contributed by atoms with E-state index in [4.69, 9.17) is 16.3 Å². The predicted molar refractivity (Wildman–Crippen MR) is 84.1 cm³/mol. The molecule has 0 aromatic heterocycles. The molecule has 0 spiro atoms. The number of halogens is 3. The smallest absolute Gasteiger partial charge is 0.126 e. The van der Waals surface area contributed by atoms with Gasteiger partial charge in [0.1, 0.15) is 11.6 Å². The fraction of sp³-hybridized carbons (Fsp3) is 0.250. The summed E-state index contributed by atoms with van der Waals surface area (Å²) in [4.78, 5) is 0. The average molecular weight is 358 g/mol. The highest BCUT2D eigenvalue weighted by atomic mass is 79.9. The zero-order valence-electron chi connectivity index (χ0n) is 11.3. The van der Waals surface area contributed by atoms with Crippen LogP contribution in [0.25, 0.3) is 0 Å². The number of hydrogen-bond donors (Lipinski definition) is 0. The molecule has 0 aliphatic heterocycles. The van der Waals surface area contributed by atoms with E-state index >= 15 is 0 Å². The van der Waals surface area contributed by atoms with Gasteiger partial charge in [-0.15, -0.1) is 11.6 Å². The van der Waals surface area contributed by atoms with Crippen LogP contribution in [0.2, 0.25) is 0 Å². The number of rotatable bonds is 4. The standard InChI is InChI=1S/C16H15BrClFO/c1-3-20-12-6-7-13(14(17)9-12)16(18)11-5-4-10(2)15(19)8-11/h4-9,16H,3H2,1-2H3. The Labute approximate surface area is 131 Å². The van der Waals surface area contributed by atoms with E-state index < -0.39 is 5.38 Å². The fourth-order valence-electron chi connectivity index (χ4n) is 1.92. The molecule has 0 amide bonds. The molecule has 0 aliphatic carbocycles. The highest BCUT2D eigenvalue weighted by Crippen LogP contribution is 2.36. The minimum Gasteiger partial charge on any atom is -0.494 e. The summed E-state index contributed by atoms with van der Waals surface area (Å²) in [6.45, 7) is 4.27. The molecule has 4 heteroatoms. The molecule has 0 N–H and O–H groups in total. The quantitative estimate of drug-likeness (QED) is 0.645. The van der Waals surface area contributed by atoms with E-state index in [1.807, 2.05) is 31.2 Å². The molecule has 0 radical (unpaired) electrons. The Morgan fingerprint density at radius 1 is 1.25 bits per heavy atom. The van der Waals surface area contributed by atoms with Crippen LogP contribution in [0, 0.1) is 12.7 Å². The Kier molecular flexibility index (Phi) is 5.06. The molecule has 2 aromatic rings. The molecule has 1 unspecified atom stereocenters. The van der Waals surface area contributed by atoms with Crippen molar-refractivity contribution in [1.29, 1.82) is 0 Å². The first kappa shape index (κ1) is 15.3. The lowest BCUT2D eigenvalue weighted by molar-refractivity contribution is 0.340. The number of alkyl halides is 1. The molecule has 0 heterocycles. The van der Waals surface area contributed by atoms with Crippen LogP contribution in [0.5, 0.6) is 5.75 Å². The molecule has 1 nitrogen and oxygen atoms in total. The number of ether oxygens (including phenoxy) is 1. The van der Waals surface area contributed by atoms with E-state index in [-0.39, 0.29) is 5.82 Å². The van der Waals surface area contributed by atoms with Crippen molar-refractivity contribution < 1.29 is 9.13 Å². The summed E-state index contributed by atoms with van der Waals surface area (Å²) < 4.78 is 19.9. The zero-order chi connectivity index (χ0) is 14.7. The minimum absolute atomic E-state index is 0.241. The van der Waals surface area contributed by atoms with Gasteiger partial charge in [-0.1, -0.05) is 34.1 Å². The lowest BCUT2D eigenvalue weighted by Gasteiger charge is -2.14. The van der Waals surface area contributed by atoms with E-state index in [1.165, 1.54) is 6.07 Å². The summed E-state index contributed by atoms with van der Waals surface area (Å²) in [6.07, 6.45) is 0. The van der Waals surface area contributed by atoms with Crippen molar-refractivity contribution >= 4 is 27.5 Å².